The summed E-state index contributed by atoms with van der Waals surface area (Å²) in [6, 6.07) is 7.96. The first-order chi connectivity index (χ1) is 17.5. The molecule has 2 saturated heterocycles. The van der Waals surface area contributed by atoms with Crippen LogP contribution in [0.2, 0.25) is 5.02 Å². The van der Waals surface area contributed by atoms with Crippen molar-refractivity contribution in [2.75, 3.05) is 50.7 Å². The van der Waals surface area contributed by atoms with Gasteiger partial charge in [0, 0.05) is 56.4 Å². The Morgan fingerprint density at radius 3 is 1.79 bits per heavy atom. The largest absolute Gasteiger partial charge is 0.490 e. The second kappa shape index (κ2) is 15.0. The van der Waals surface area contributed by atoms with Crippen LogP contribution in [0.25, 0.3) is 0 Å². The molecule has 2 aliphatic heterocycles. The quantitative estimate of drug-likeness (QED) is 0.512. The number of hydrogen-bond acceptors (Lipinski definition) is 5. The molecular weight excluding hydrogens is 548 g/mol. The first-order valence-electron chi connectivity index (χ1n) is 11.6. The molecule has 38 heavy (non-hydrogen) atoms. The zero-order chi connectivity index (χ0) is 29.1. The van der Waals surface area contributed by atoms with Gasteiger partial charge in [0.25, 0.3) is 0 Å². The van der Waals surface area contributed by atoms with Gasteiger partial charge < -0.3 is 24.9 Å². The molecule has 0 spiro atoms. The number of amides is 1. The third-order valence-electron chi connectivity index (χ3n) is 5.69. The summed E-state index contributed by atoms with van der Waals surface area (Å²) in [6.45, 7) is 8.96. The van der Waals surface area contributed by atoms with E-state index in [0.717, 1.165) is 56.8 Å². The molecule has 1 unspecified atom stereocenters. The van der Waals surface area contributed by atoms with E-state index >= 15 is 0 Å². The third-order valence-corrected chi connectivity index (χ3v) is 5.94. The Kier molecular flexibility index (Phi) is 13.1. The van der Waals surface area contributed by atoms with Gasteiger partial charge in [-0.3, -0.25) is 4.79 Å². The zero-order valence-corrected chi connectivity index (χ0v) is 21.3. The average Bonchev–Trinajstić information content (AvgIpc) is 2.83. The highest BCUT2D eigenvalue weighted by molar-refractivity contribution is 6.30. The van der Waals surface area contributed by atoms with E-state index in [4.69, 9.17) is 31.4 Å². The minimum Gasteiger partial charge on any atom is -0.475 e. The summed E-state index contributed by atoms with van der Waals surface area (Å²) in [5.41, 5.74) is 1.19. The smallest absolute Gasteiger partial charge is 0.475 e. The molecule has 1 amide bonds. The van der Waals surface area contributed by atoms with Crippen LogP contribution in [0.5, 0.6) is 0 Å². The van der Waals surface area contributed by atoms with Gasteiger partial charge in [-0.2, -0.15) is 26.3 Å². The fourth-order valence-electron chi connectivity index (χ4n) is 3.77. The first-order valence-corrected chi connectivity index (χ1v) is 12.0. The number of carbonyl (C=O) groups excluding carboxylic acids is 1. The zero-order valence-electron chi connectivity index (χ0n) is 20.6. The lowest BCUT2D eigenvalue weighted by Crippen LogP contribution is -2.49. The third kappa shape index (κ3) is 12.7. The van der Waals surface area contributed by atoms with Gasteiger partial charge >= 0.3 is 24.3 Å². The molecule has 3 rings (SSSR count). The van der Waals surface area contributed by atoms with Crippen LogP contribution in [-0.4, -0.2) is 96.0 Å². The Balaban J connectivity index is 0.000000426. The van der Waals surface area contributed by atoms with Crippen molar-refractivity contribution in [3.8, 4) is 0 Å². The lowest BCUT2D eigenvalue weighted by atomic mass is 10.0. The van der Waals surface area contributed by atoms with E-state index in [0.29, 0.717) is 12.3 Å². The van der Waals surface area contributed by atoms with Crippen molar-refractivity contribution in [3.63, 3.8) is 0 Å². The number of benzene rings is 1. The van der Waals surface area contributed by atoms with Crippen LogP contribution in [0.15, 0.2) is 24.3 Å². The highest BCUT2D eigenvalue weighted by atomic mass is 35.5. The normalized spacial score (nSPS) is 18.5. The molecule has 1 atom stereocenters. The number of anilines is 1. The Morgan fingerprint density at radius 2 is 1.37 bits per heavy atom. The van der Waals surface area contributed by atoms with Gasteiger partial charge in [0.15, 0.2) is 0 Å². The Morgan fingerprint density at radius 1 is 0.895 bits per heavy atom. The molecule has 0 saturated carbocycles. The number of carbonyl (C=O) groups is 3. The van der Waals surface area contributed by atoms with Crippen LogP contribution >= 0.6 is 11.6 Å². The minimum atomic E-state index is -5.08. The minimum absolute atomic E-state index is 0.309. The molecule has 0 aromatic heterocycles. The van der Waals surface area contributed by atoms with E-state index in [1.54, 1.807) is 0 Å². The van der Waals surface area contributed by atoms with Crippen molar-refractivity contribution in [1.82, 2.24) is 9.80 Å². The second-order valence-electron chi connectivity index (χ2n) is 8.75. The SMILES string of the molecule is CC1CCCN(CCC(=O)N2CCN(c3ccc(Cl)cc3)CC2)C1.O=C(O)C(F)(F)F.O=C(O)C(F)(F)F. The predicted molar refractivity (Wildman–Crippen MR) is 127 cm³/mol. The Labute approximate surface area is 220 Å². The van der Waals surface area contributed by atoms with Crippen LogP contribution in [0, 0.1) is 5.92 Å². The van der Waals surface area contributed by atoms with E-state index in [2.05, 4.69) is 28.9 Å². The van der Waals surface area contributed by atoms with Crippen molar-refractivity contribution in [3.05, 3.63) is 29.3 Å². The van der Waals surface area contributed by atoms with E-state index in [9.17, 15) is 31.1 Å². The average molecular weight is 578 g/mol. The Hall–Kier alpha value is -2.74. The molecule has 2 fully saturated rings. The van der Waals surface area contributed by atoms with E-state index in [1.165, 1.54) is 18.5 Å². The molecular formula is C23H30ClF6N3O5. The highest BCUT2D eigenvalue weighted by Gasteiger charge is 2.38. The van der Waals surface area contributed by atoms with Crippen molar-refractivity contribution >= 4 is 35.1 Å². The summed E-state index contributed by atoms with van der Waals surface area (Å²) in [5, 5.41) is 15.0. The molecule has 1 aromatic rings. The monoisotopic (exact) mass is 577 g/mol. The molecule has 2 aliphatic rings. The summed E-state index contributed by atoms with van der Waals surface area (Å²) in [6.07, 6.45) is -6.90. The summed E-state index contributed by atoms with van der Waals surface area (Å²) < 4.78 is 63.5. The number of carboxylic acid groups (broad SMARTS) is 2. The molecule has 2 heterocycles. The van der Waals surface area contributed by atoms with Crippen molar-refractivity contribution < 1.29 is 50.9 Å². The fraction of sp³-hybridized carbons (Fsp3) is 0.609. The van der Waals surface area contributed by atoms with Crippen LogP contribution in [0.4, 0.5) is 32.0 Å². The van der Waals surface area contributed by atoms with Gasteiger partial charge in [-0.1, -0.05) is 18.5 Å². The number of hydrogen-bond donors (Lipinski definition) is 2. The summed E-state index contributed by atoms with van der Waals surface area (Å²) in [7, 11) is 0. The maximum Gasteiger partial charge on any atom is 0.490 e. The first kappa shape index (κ1) is 33.3. The van der Waals surface area contributed by atoms with Crippen LogP contribution in [-0.2, 0) is 14.4 Å². The number of halogens is 7. The number of aliphatic carboxylic acids is 2. The van der Waals surface area contributed by atoms with Crippen molar-refractivity contribution in [1.29, 1.82) is 0 Å². The van der Waals surface area contributed by atoms with E-state index < -0.39 is 24.3 Å². The number of piperazine rings is 1. The molecule has 15 heteroatoms. The van der Waals surface area contributed by atoms with Crippen LogP contribution < -0.4 is 4.90 Å². The van der Waals surface area contributed by atoms with Crippen molar-refractivity contribution in [2.24, 2.45) is 5.92 Å². The van der Waals surface area contributed by atoms with Crippen LogP contribution in [0.3, 0.4) is 0 Å². The summed E-state index contributed by atoms with van der Waals surface area (Å²) in [5.74, 6) is -4.43. The number of piperidine rings is 1. The topological polar surface area (TPSA) is 101 Å². The van der Waals surface area contributed by atoms with Gasteiger partial charge in [-0.25, -0.2) is 9.59 Å². The molecule has 216 valence electrons. The number of nitrogens with zero attached hydrogens (tertiary/aromatic N) is 3. The number of alkyl halides is 6. The molecule has 1 aromatic carbocycles. The van der Waals surface area contributed by atoms with E-state index in [1.807, 2.05) is 17.0 Å². The van der Waals surface area contributed by atoms with Gasteiger partial charge in [-0.15, -0.1) is 0 Å². The number of carboxylic acids is 2. The van der Waals surface area contributed by atoms with E-state index in [-0.39, 0.29) is 0 Å². The highest BCUT2D eigenvalue weighted by Crippen LogP contribution is 2.20. The molecule has 2 N–H and O–H groups in total. The maximum atomic E-state index is 12.5. The lowest BCUT2D eigenvalue weighted by molar-refractivity contribution is -0.193. The maximum absolute atomic E-state index is 12.5. The molecule has 0 aliphatic carbocycles. The number of likely N-dealkylation sites (tertiary alicyclic amines) is 1. The lowest BCUT2D eigenvalue weighted by Gasteiger charge is -2.37. The fourth-order valence-corrected chi connectivity index (χ4v) is 3.89. The molecule has 8 nitrogen and oxygen atoms in total. The molecule has 0 bridgehead atoms. The predicted octanol–water partition coefficient (Wildman–Crippen LogP) is 4.38. The van der Waals surface area contributed by atoms with Crippen molar-refractivity contribution in [2.45, 2.75) is 38.5 Å². The Bertz CT molecular complexity index is 882. The summed E-state index contributed by atoms with van der Waals surface area (Å²) in [4.78, 5) is 37.1. The number of rotatable bonds is 4. The summed E-state index contributed by atoms with van der Waals surface area (Å²) >= 11 is 5.95. The van der Waals surface area contributed by atoms with Gasteiger partial charge in [-0.05, 0) is 49.6 Å². The van der Waals surface area contributed by atoms with Gasteiger partial charge in [0.2, 0.25) is 5.91 Å². The second-order valence-corrected chi connectivity index (χ2v) is 9.18. The van der Waals surface area contributed by atoms with Gasteiger partial charge in [0.1, 0.15) is 0 Å². The van der Waals surface area contributed by atoms with Crippen LogP contribution in [0.1, 0.15) is 26.2 Å². The van der Waals surface area contributed by atoms with Gasteiger partial charge in [0.05, 0.1) is 0 Å². The standard InChI is InChI=1S/C19H28ClN3O.2C2HF3O2/c1-16-3-2-9-21(15-16)10-8-19(24)23-13-11-22(12-14-23)18-6-4-17(20)5-7-18;2*3-2(4,5)1(6)7/h4-7,16H,2-3,8-15H2,1H3;2*(H,6,7). The molecule has 0 radical (unpaired) electrons.